The van der Waals surface area contributed by atoms with Crippen LogP contribution in [0.15, 0.2) is 158 Å². The van der Waals surface area contributed by atoms with Crippen LogP contribution < -0.4 is 21.4 Å². The van der Waals surface area contributed by atoms with Crippen LogP contribution in [0.2, 0.25) is 0 Å². The molecule has 0 N–H and O–H groups in total. The average Bonchev–Trinajstić information content (AvgIpc) is 3.68. The summed E-state index contributed by atoms with van der Waals surface area (Å²) in [5, 5.41) is 5.21. The van der Waals surface area contributed by atoms with Crippen molar-refractivity contribution in [2.45, 2.75) is 110 Å². The summed E-state index contributed by atoms with van der Waals surface area (Å²) in [6.07, 6.45) is 4.65. The topological polar surface area (TPSA) is 8.17 Å². The van der Waals surface area contributed by atoms with Gasteiger partial charge in [0.2, 0.25) is 0 Å². The van der Waals surface area contributed by atoms with Crippen LogP contribution in [0.5, 0.6) is 0 Å². The third-order valence-corrected chi connectivity index (χ3v) is 17.3. The Balaban J connectivity index is 1.22. The normalized spacial score (nSPS) is 17.7. The maximum absolute atomic E-state index is 2.75. The largest absolute Gasteiger partial charge is 0.320 e. The third-order valence-electron chi connectivity index (χ3n) is 17.3. The lowest BCUT2D eigenvalue weighted by atomic mass is 9.33. The molecule has 0 saturated heterocycles. The summed E-state index contributed by atoms with van der Waals surface area (Å²) in [6, 6.07) is 61.1. The Bertz CT molecular complexity index is 3580. The number of aromatic nitrogens is 1. The molecular formula is C65H61BN2. The van der Waals surface area contributed by atoms with Gasteiger partial charge in [-0.15, -0.1) is 0 Å². The molecule has 1 aromatic heterocycles. The number of hydrogen-bond donors (Lipinski definition) is 0. The van der Waals surface area contributed by atoms with Gasteiger partial charge in [-0.2, -0.15) is 0 Å². The van der Waals surface area contributed by atoms with Gasteiger partial charge in [-0.05, 0) is 157 Å². The zero-order chi connectivity index (χ0) is 46.6. The van der Waals surface area contributed by atoms with Gasteiger partial charge in [-0.25, -0.2) is 0 Å². The number of rotatable bonds is 4. The molecule has 0 spiro atoms. The number of nitrogens with zero attached hydrogens (tertiary/aromatic N) is 2. The molecule has 3 heterocycles. The Labute approximate surface area is 403 Å². The molecular weight excluding hydrogens is 820 g/mol. The minimum absolute atomic E-state index is 0.0198. The van der Waals surface area contributed by atoms with Crippen molar-refractivity contribution in [2.75, 3.05) is 4.90 Å². The first-order valence-corrected chi connectivity index (χ1v) is 25.2. The van der Waals surface area contributed by atoms with Crippen molar-refractivity contribution in [3.05, 3.63) is 186 Å². The maximum Gasteiger partial charge on any atom is 0.269 e. The third kappa shape index (κ3) is 5.84. The van der Waals surface area contributed by atoms with E-state index in [1.165, 1.54) is 129 Å². The fraction of sp³-hybridized carbons (Fsp3) is 0.262. The van der Waals surface area contributed by atoms with Crippen LogP contribution in [0.25, 0.3) is 60.7 Å². The van der Waals surface area contributed by atoms with Crippen molar-refractivity contribution in [2.24, 2.45) is 0 Å². The molecule has 9 aromatic rings. The standard InChI is InChI=1S/C65H61BN2/c1-40-34-49-45-27-19-29-47-58(45)61(67(43-24-14-11-15-25-43)60(47)46-28-18-23-41-22-16-17-26-44(41)46)66-54-37-51-53(65(8,9)33-31-63(51,4)5)39-56(54)68(57(35-40)59(49)66)55-38-52-50(62(2,3)30-32-64(52,6)7)36-48(55)42-20-12-10-13-21-42/h10-29,34-39H,30-33H2,1-9H3. The van der Waals surface area contributed by atoms with Gasteiger partial charge < -0.3 is 9.47 Å². The predicted molar refractivity (Wildman–Crippen MR) is 292 cm³/mol. The van der Waals surface area contributed by atoms with E-state index in [-0.39, 0.29) is 28.4 Å². The molecule has 4 aliphatic rings. The van der Waals surface area contributed by atoms with E-state index in [9.17, 15) is 0 Å². The van der Waals surface area contributed by atoms with Crippen LogP contribution in [0, 0.1) is 6.92 Å². The zero-order valence-corrected chi connectivity index (χ0v) is 41.3. The van der Waals surface area contributed by atoms with Gasteiger partial charge in [0.05, 0.1) is 11.4 Å². The minimum atomic E-state index is -0.0347. The van der Waals surface area contributed by atoms with Crippen molar-refractivity contribution < 1.29 is 0 Å². The van der Waals surface area contributed by atoms with E-state index in [1.54, 1.807) is 0 Å². The van der Waals surface area contributed by atoms with Crippen LogP contribution in [0.1, 0.15) is 109 Å². The van der Waals surface area contributed by atoms with Crippen LogP contribution >= 0.6 is 0 Å². The Hall–Kier alpha value is -6.58. The molecule has 0 unspecified atom stereocenters. The smallest absolute Gasteiger partial charge is 0.269 e. The number of hydrogen-bond acceptors (Lipinski definition) is 1. The molecule has 8 aromatic carbocycles. The van der Waals surface area contributed by atoms with E-state index in [0.717, 1.165) is 19.3 Å². The first-order chi connectivity index (χ1) is 32.6. The summed E-state index contributed by atoms with van der Waals surface area (Å²) < 4.78 is 2.68. The molecule has 2 aliphatic carbocycles. The zero-order valence-electron chi connectivity index (χ0n) is 41.3. The van der Waals surface area contributed by atoms with Gasteiger partial charge in [0, 0.05) is 44.6 Å². The molecule has 0 amide bonds. The number of anilines is 3. The molecule has 3 heteroatoms. The van der Waals surface area contributed by atoms with E-state index in [0.29, 0.717) is 0 Å². The highest BCUT2D eigenvalue weighted by atomic mass is 15.2. The van der Waals surface area contributed by atoms with Crippen LogP contribution in [-0.2, 0) is 21.7 Å². The lowest BCUT2D eigenvalue weighted by molar-refractivity contribution is 0.332. The first-order valence-electron chi connectivity index (χ1n) is 25.2. The molecule has 13 rings (SSSR count). The quantitative estimate of drug-likeness (QED) is 0.160. The fourth-order valence-corrected chi connectivity index (χ4v) is 13.4. The van der Waals surface area contributed by atoms with E-state index in [1.807, 2.05) is 0 Å². The first kappa shape index (κ1) is 41.6. The SMILES string of the molecule is Cc1cc2c3c(c1)N(c1cc4c(cc1-c1ccccc1)C(C)(C)CCC4(C)C)c1cc4c(cc1B3c1c3c-2cccc3c(-c2cccc3ccccc23)n1-c1ccccc1)C(C)(C)CCC4(C)C. The summed E-state index contributed by atoms with van der Waals surface area (Å²) in [5.41, 5.74) is 24.4. The molecule has 0 bridgehead atoms. The molecule has 2 aliphatic heterocycles. The number of benzene rings is 8. The Morgan fingerprint density at radius 3 is 1.68 bits per heavy atom. The highest BCUT2D eigenvalue weighted by Gasteiger charge is 2.48. The van der Waals surface area contributed by atoms with Crippen molar-refractivity contribution in [3.63, 3.8) is 0 Å². The summed E-state index contributed by atoms with van der Waals surface area (Å²) in [6.45, 7) is 22.2. The second-order valence-corrected chi connectivity index (χ2v) is 23.4. The van der Waals surface area contributed by atoms with Gasteiger partial charge in [0.15, 0.2) is 0 Å². The summed E-state index contributed by atoms with van der Waals surface area (Å²) in [7, 11) is 0. The monoisotopic (exact) mass is 880 g/mol. The fourth-order valence-electron chi connectivity index (χ4n) is 13.4. The second-order valence-electron chi connectivity index (χ2n) is 23.4. The lowest BCUT2D eigenvalue weighted by Gasteiger charge is -2.47. The van der Waals surface area contributed by atoms with Crippen molar-refractivity contribution in [1.82, 2.24) is 4.57 Å². The molecule has 0 fully saturated rings. The van der Waals surface area contributed by atoms with E-state index >= 15 is 0 Å². The molecule has 2 nitrogen and oxygen atoms in total. The van der Waals surface area contributed by atoms with Gasteiger partial charge in [-0.3, -0.25) is 0 Å². The Morgan fingerprint density at radius 1 is 0.441 bits per heavy atom. The van der Waals surface area contributed by atoms with Crippen LogP contribution in [-0.4, -0.2) is 11.3 Å². The Kier molecular flexibility index (Phi) is 8.71. The Morgan fingerprint density at radius 2 is 0.985 bits per heavy atom. The summed E-state index contributed by atoms with van der Waals surface area (Å²) >= 11 is 0. The lowest BCUT2D eigenvalue weighted by Crippen LogP contribution is -2.61. The average molecular weight is 881 g/mol. The number of para-hydroxylation sites is 1. The van der Waals surface area contributed by atoms with Crippen LogP contribution in [0.4, 0.5) is 17.1 Å². The summed E-state index contributed by atoms with van der Waals surface area (Å²) in [4.78, 5) is 2.75. The number of aryl methyl sites for hydroxylation is 1. The number of fused-ring (bicyclic) bond motifs is 7. The van der Waals surface area contributed by atoms with Crippen molar-refractivity contribution in [3.8, 4) is 39.2 Å². The van der Waals surface area contributed by atoms with E-state index in [2.05, 4.69) is 230 Å². The maximum atomic E-state index is 2.75. The van der Waals surface area contributed by atoms with Gasteiger partial charge in [-0.1, -0.05) is 177 Å². The predicted octanol–water partition coefficient (Wildman–Crippen LogP) is 15.4. The van der Waals surface area contributed by atoms with Crippen molar-refractivity contribution >= 4 is 61.8 Å². The molecule has 68 heavy (non-hydrogen) atoms. The van der Waals surface area contributed by atoms with Gasteiger partial charge >= 0.3 is 0 Å². The molecule has 0 radical (unpaired) electrons. The van der Waals surface area contributed by atoms with Gasteiger partial charge in [0.1, 0.15) is 0 Å². The highest BCUT2D eigenvalue weighted by Crippen LogP contribution is 2.55. The van der Waals surface area contributed by atoms with E-state index in [4.69, 9.17) is 0 Å². The summed E-state index contributed by atoms with van der Waals surface area (Å²) in [5.74, 6) is 0. The minimum Gasteiger partial charge on any atom is -0.320 e. The van der Waals surface area contributed by atoms with Crippen molar-refractivity contribution in [1.29, 1.82) is 0 Å². The molecule has 0 saturated carbocycles. The molecule has 0 atom stereocenters. The highest BCUT2D eigenvalue weighted by molar-refractivity contribution is 7.00. The van der Waals surface area contributed by atoms with Crippen LogP contribution in [0.3, 0.4) is 0 Å². The second kappa shape index (κ2) is 14.2. The molecule has 334 valence electrons. The van der Waals surface area contributed by atoms with Gasteiger partial charge in [0.25, 0.3) is 6.71 Å². The van der Waals surface area contributed by atoms with E-state index < -0.39 is 0 Å².